The van der Waals surface area contributed by atoms with Gasteiger partial charge in [0.05, 0.1) is 5.69 Å². The molecule has 10 heteroatoms. The third-order valence-electron chi connectivity index (χ3n) is 7.04. The van der Waals surface area contributed by atoms with Crippen molar-refractivity contribution < 1.29 is 18.6 Å². The van der Waals surface area contributed by atoms with Crippen LogP contribution in [0.25, 0.3) is 0 Å². The lowest BCUT2D eigenvalue weighted by Crippen LogP contribution is -2.38. The number of hydrogen-bond donors (Lipinski definition) is 1. The van der Waals surface area contributed by atoms with Gasteiger partial charge in [-0.15, -0.1) is 0 Å². The molecule has 194 valence electrons. The van der Waals surface area contributed by atoms with Gasteiger partial charge in [-0.2, -0.15) is 10.1 Å². The van der Waals surface area contributed by atoms with Crippen molar-refractivity contribution in [2.75, 3.05) is 13.1 Å². The van der Waals surface area contributed by atoms with Crippen molar-refractivity contribution in [2.45, 2.75) is 65.9 Å². The number of nitrogens with one attached hydrogen (secondary N) is 1. The smallest absolute Gasteiger partial charge is 0.276 e. The molecule has 4 aromatic rings. The van der Waals surface area contributed by atoms with Gasteiger partial charge in [-0.1, -0.05) is 34.9 Å². The van der Waals surface area contributed by atoms with Crippen LogP contribution in [0.5, 0.6) is 5.75 Å². The van der Waals surface area contributed by atoms with Gasteiger partial charge in [0.25, 0.3) is 11.8 Å². The second-order valence-corrected chi connectivity index (χ2v) is 9.59. The molecular weight excluding hydrogens is 472 g/mol. The summed E-state index contributed by atoms with van der Waals surface area (Å²) in [6.45, 7) is 9.38. The van der Waals surface area contributed by atoms with Crippen LogP contribution in [0, 0.1) is 20.8 Å². The van der Waals surface area contributed by atoms with E-state index in [0.29, 0.717) is 43.3 Å². The molecule has 1 aliphatic rings. The van der Waals surface area contributed by atoms with Gasteiger partial charge in [-0.05, 0) is 45.7 Å². The van der Waals surface area contributed by atoms with Crippen molar-refractivity contribution in [2.24, 2.45) is 0 Å². The van der Waals surface area contributed by atoms with E-state index in [9.17, 15) is 4.79 Å². The topological polar surface area (TPSA) is 123 Å². The Bertz CT molecular complexity index is 1340. The fourth-order valence-electron chi connectivity index (χ4n) is 4.75. The molecule has 0 radical (unpaired) electrons. The Hall–Kier alpha value is -3.95. The van der Waals surface area contributed by atoms with Crippen LogP contribution < -0.4 is 4.74 Å². The number of aromatic amines is 1. The molecule has 1 saturated heterocycles. The average molecular weight is 505 g/mol. The number of H-pyrrole nitrogens is 1. The molecular formula is C27H32N6O4. The van der Waals surface area contributed by atoms with Gasteiger partial charge >= 0.3 is 0 Å². The molecule has 1 amide bonds. The summed E-state index contributed by atoms with van der Waals surface area (Å²) in [5, 5.41) is 15.7. The summed E-state index contributed by atoms with van der Waals surface area (Å²) in [6, 6.07) is 7.82. The zero-order valence-corrected chi connectivity index (χ0v) is 21.7. The Kier molecular flexibility index (Phi) is 7.07. The maximum Gasteiger partial charge on any atom is 0.276 e. The van der Waals surface area contributed by atoms with Gasteiger partial charge in [0.2, 0.25) is 0 Å². The summed E-state index contributed by atoms with van der Waals surface area (Å²) >= 11 is 0. The Morgan fingerprint density at radius 3 is 2.51 bits per heavy atom. The Balaban J connectivity index is 1.20. The largest absolute Gasteiger partial charge is 0.484 e. The molecule has 1 aromatic carbocycles. The maximum absolute atomic E-state index is 13.5. The number of carbonyl (C=O) groups is 1. The van der Waals surface area contributed by atoms with Crippen molar-refractivity contribution in [3.8, 4) is 5.75 Å². The average Bonchev–Trinajstić information content (AvgIpc) is 3.64. The summed E-state index contributed by atoms with van der Waals surface area (Å²) in [4.78, 5) is 19.8. The van der Waals surface area contributed by atoms with Gasteiger partial charge in [0.15, 0.2) is 18.1 Å². The van der Waals surface area contributed by atoms with Gasteiger partial charge in [0.1, 0.15) is 11.5 Å². The van der Waals surface area contributed by atoms with Crippen LogP contribution in [0.4, 0.5) is 0 Å². The highest BCUT2D eigenvalue weighted by Crippen LogP contribution is 2.29. The van der Waals surface area contributed by atoms with Gasteiger partial charge in [-0.25, -0.2) is 0 Å². The summed E-state index contributed by atoms with van der Waals surface area (Å²) in [5.74, 6) is 2.63. The lowest BCUT2D eigenvalue weighted by Gasteiger charge is -2.30. The first-order valence-electron chi connectivity index (χ1n) is 12.7. The fraction of sp³-hybridized carbons (Fsp3) is 0.444. The molecule has 5 rings (SSSR count). The molecule has 0 spiro atoms. The highest BCUT2D eigenvalue weighted by molar-refractivity contribution is 5.94. The van der Waals surface area contributed by atoms with Crippen molar-refractivity contribution >= 4 is 5.91 Å². The van der Waals surface area contributed by atoms with Crippen molar-refractivity contribution in [3.63, 3.8) is 0 Å². The van der Waals surface area contributed by atoms with Crippen LogP contribution >= 0.6 is 0 Å². The predicted octanol–water partition coefficient (Wildman–Crippen LogP) is 4.46. The standard InChI is InChI=1S/C27H32N6O4/c1-5-23-22(14-21-17(3)29-30-18(21)4)25(31-36-23)27(34)33-12-10-19(11-13-33)26-28-24(37-32-26)15-35-20-8-6-16(2)7-9-20/h6-9,19H,5,10-15H2,1-4H3,(H,29,30). The van der Waals surface area contributed by atoms with Crippen LogP contribution in [0.3, 0.4) is 0 Å². The summed E-state index contributed by atoms with van der Waals surface area (Å²) in [7, 11) is 0. The van der Waals surface area contributed by atoms with Gasteiger partial charge < -0.3 is 18.7 Å². The normalized spacial score (nSPS) is 14.3. The molecule has 37 heavy (non-hydrogen) atoms. The lowest BCUT2D eigenvalue weighted by molar-refractivity contribution is 0.0699. The number of rotatable bonds is 8. The van der Waals surface area contributed by atoms with E-state index in [1.54, 1.807) is 0 Å². The zero-order chi connectivity index (χ0) is 25.9. The maximum atomic E-state index is 13.5. The van der Waals surface area contributed by atoms with Gasteiger partial charge in [0, 0.05) is 48.7 Å². The predicted molar refractivity (Wildman–Crippen MR) is 134 cm³/mol. The third-order valence-corrected chi connectivity index (χ3v) is 7.04. The van der Waals surface area contributed by atoms with E-state index >= 15 is 0 Å². The number of hydrogen-bond acceptors (Lipinski definition) is 8. The molecule has 0 saturated carbocycles. The number of carbonyl (C=O) groups excluding carboxylic acids is 1. The Morgan fingerprint density at radius 2 is 1.84 bits per heavy atom. The minimum Gasteiger partial charge on any atom is -0.484 e. The highest BCUT2D eigenvalue weighted by atomic mass is 16.5. The lowest BCUT2D eigenvalue weighted by atomic mass is 9.95. The van der Waals surface area contributed by atoms with Gasteiger partial charge in [-0.3, -0.25) is 9.89 Å². The van der Waals surface area contributed by atoms with E-state index in [2.05, 4.69) is 25.5 Å². The van der Waals surface area contributed by atoms with E-state index in [1.165, 1.54) is 5.56 Å². The monoisotopic (exact) mass is 504 g/mol. The van der Waals surface area contributed by atoms with E-state index in [0.717, 1.165) is 46.9 Å². The quantitative estimate of drug-likeness (QED) is 0.373. The van der Waals surface area contributed by atoms with Crippen LogP contribution in [0.15, 0.2) is 33.3 Å². The van der Waals surface area contributed by atoms with Crippen LogP contribution in [-0.4, -0.2) is 49.4 Å². The van der Waals surface area contributed by atoms with Crippen molar-refractivity contribution in [1.29, 1.82) is 0 Å². The number of amides is 1. The van der Waals surface area contributed by atoms with Crippen molar-refractivity contribution in [1.82, 2.24) is 30.4 Å². The number of ether oxygens (including phenoxy) is 1. The van der Waals surface area contributed by atoms with Crippen LogP contribution in [-0.2, 0) is 19.4 Å². The molecule has 1 aliphatic heterocycles. The molecule has 0 unspecified atom stereocenters. The zero-order valence-electron chi connectivity index (χ0n) is 21.7. The summed E-state index contributed by atoms with van der Waals surface area (Å²) < 4.78 is 16.7. The molecule has 0 atom stereocenters. The first-order valence-corrected chi connectivity index (χ1v) is 12.7. The highest BCUT2D eigenvalue weighted by Gasteiger charge is 2.31. The first-order chi connectivity index (χ1) is 17.9. The summed E-state index contributed by atoms with van der Waals surface area (Å²) in [5.41, 5.74) is 5.40. The number of likely N-dealkylation sites (tertiary alicyclic amines) is 1. The number of aromatic nitrogens is 5. The number of aryl methyl sites for hydroxylation is 4. The second kappa shape index (κ2) is 10.6. The molecule has 3 aromatic heterocycles. The Morgan fingerprint density at radius 1 is 1.08 bits per heavy atom. The number of benzene rings is 1. The molecule has 0 aliphatic carbocycles. The number of piperidine rings is 1. The van der Waals surface area contributed by atoms with E-state index < -0.39 is 0 Å². The third kappa shape index (κ3) is 5.28. The minimum absolute atomic E-state index is 0.101. The first kappa shape index (κ1) is 24.7. The number of nitrogens with zero attached hydrogens (tertiary/aromatic N) is 5. The van der Waals surface area contributed by atoms with E-state index in [4.69, 9.17) is 13.8 Å². The SMILES string of the molecule is CCc1onc(C(=O)N2CCC(c3noc(COc4ccc(C)cc4)n3)CC2)c1Cc1c(C)n[nH]c1C. The molecule has 0 bridgehead atoms. The van der Waals surface area contributed by atoms with E-state index in [-0.39, 0.29) is 18.4 Å². The Labute approximate surface area is 215 Å². The second-order valence-electron chi connectivity index (χ2n) is 9.59. The van der Waals surface area contributed by atoms with E-state index in [1.807, 2.05) is 56.9 Å². The fourth-order valence-corrected chi connectivity index (χ4v) is 4.75. The molecule has 1 N–H and O–H groups in total. The summed E-state index contributed by atoms with van der Waals surface area (Å²) in [6.07, 6.45) is 2.73. The van der Waals surface area contributed by atoms with Crippen molar-refractivity contribution in [3.05, 3.63) is 75.5 Å². The molecule has 10 nitrogen and oxygen atoms in total. The molecule has 1 fully saturated rings. The molecule has 4 heterocycles. The van der Waals surface area contributed by atoms with Crippen LogP contribution in [0.2, 0.25) is 0 Å². The van der Waals surface area contributed by atoms with Crippen LogP contribution in [0.1, 0.15) is 81.7 Å². The minimum atomic E-state index is -0.101.